The summed E-state index contributed by atoms with van der Waals surface area (Å²) in [6.07, 6.45) is 3.53. The fraction of sp³-hybridized carbons (Fsp3) is 0.250. The zero-order chi connectivity index (χ0) is 23.4. The average Bonchev–Trinajstić information content (AvgIpc) is 3.34. The quantitative estimate of drug-likeness (QED) is 0.391. The van der Waals surface area contributed by atoms with Crippen LogP contribution in [0.2, 0.25) is 5.02 Å². The molecule has 2 aliphatic heterocycles. The normalized spacial score (nSPS) is 21.7. The van der Waals surface area contributed by atoms with Crippen molar-refractivity contribution in [2.24, 2.45) is 0 Å². The summed E-state index contributed by atoms with van der Waals surface area (Å²) in [5.41, 5.74) is 1.39. The highest BCUT2D eigenvalue weighted by atomic mass is 35.5. The smallest absolute Gasteiger partial charge is 0.293 e. The molecular formula is C24H20ClF2NO5. The first-order chi connectivity index (χ1) is 15.9. The van der Waals surface area contributed by atoms with Gasteiger partial charge in [0.25, 0.3) is 12.9 Å². The Morgan fingerprint density at radius 2 is 1.79 bits per heavy atom. The number of halogens is 3. The molecule has 0 amide bonds. The third-order valence-corrected chi connectivity index (χ3v) is 5.94. The maximum atomic E-state index is 14.0. The molecule has 0 aromatic heterocycles. The summed E-state index contributed by atoms with van der Waals surface area (Å²) in [5, 5.41) is 3.50. The van der Waals surface area contributed by atoms with Gasteiger partial charge < -0.3 is 19.5 Å². The van der Waals surface area contributed by atoms with Gasteiger partial charge in [0.2, 0.25) is 0 Å². The van der Waals surface area contributed by atoms with Crippen LogP contribution >= 0.6 is 11.6 Å². The number of benzene rings is 2. The molecule has 3 unspecified atom stereocenters. The minimum atomic E-state index is -1.09. The summed E-state index contributed by atoms with van der Waals surface area (Å²) in [6, 6.07) is 9.51. The molecule has 0 spiro atoms. The van der Waals surface area contributed by atoms with E-state index in [1.807, 2.05) is 12.2 Å². The van der Waals surface area contributed by atoms with Crippen molar-refractivity contribution in [3.8, 4) is 0 Å². The lowest BCUT2D eigenvalue weighted by molar-refractivity contribution is -0.129. The standard InChI is InChI=1S/C24H20ClF2NO5/c25-16-8-18(27)10-19(9-16)28-23(7-15-1-3-17(26)4-2-15)24-6-5-22(33-24)20(11-31-13-29)21(24)12-32-14-30/h1-6,8-10,13-14,22-23,28H,7,11-12H2. The fourth-order valence-electron chi connectivity index (χ4n) is 4.33. The Kier molecular flexibility index (Phi) is 6.76. The molecule has 0 saturated heterocycles. The van der Waals surface area contributed by atoms with Crippen LogP contribution in [0.5, 0.6) is 0 Å². The van der Waals surface area contributed by atoms with E-state index >= 15 is 0 Å². The average molecular weight is 476 g/mol. The van der Waals surface area contributed by atoms with Crippen LogP contribution in [0.1, 0.15) is 5.56 Å². The summed E-state index contributed by atoms with van der Waals surface area (Å²) in [5.74, 6) is -0.889. The van der Waals surface area contributed by atoms with Crippen LogP contribution in [0, 0.1) is 11.6 Å². The first-order valence-electron chi connectivity index (χ1n) is 10.1. The van der Waals surface area contributed by atoms with Gasteiger partial charge in [-0.25, -0.2) is 8.78 Å². The molecule has 0 aliphatic carbocycles. The van der Waals surface area contributed by atoms with Crippen LogP contribution < -0.4 is 5.32 Å². The van der Waals surface area contributed by atoms with Crippen molar-refractivity contribution in [2.75, 3.05) is 18.5 Å². The number of nitrogens with one attached hydrogen (secondary N) is 1. The molecule has 0 radical (unpaired) electrons. The molecule has 2 heterocycles. The zero-order valence-corrected chi connectivity index (χ0v) is 18.1. The number of anilines is 1. The van der Waals surface area contributed by atoms with Gasteiger partial charge in [0.15, 0.2) is 0 Å². The Balaban J connectivity index is 1.75. The third-order valence-electron chi connectivity index (χ3n) is 5.72. The Hall–Kier alpha value is -3.23. The molecule has 0 saturated carbocycles. The summed E-state index contributed by atoms with van der Waals surface area (Å²) in [6.45, 7) is 0.528. The van der Waals surface area contributed by atoms with Crippen molar-refractivity contribution >= 4 is 30.2 Å². The topological polar surface area (TPSA) is 73.9 Å². The molecule has 9 heteroatoms. The van der Waals surface area contributed by atoms with Crippen LogP contribution in [-0.2, 0) is 30.2 Å². The van der Waals surface area contributed by atoms with Gasteiger partial charge in [0.1, 0.15) is 36.6 Å². The number of fused-ring (bicyclic) bond motifs is 2. The van der Waals surface area contributed by atoms with E-state index in [1.165, 1.54) is 24.3 Å². The van der Waals surface area contributed by atoms with E-state index in [0.29, 0.717) is 36.2 Å². The minimum absolute atomic E-state index is 0.0349. The van der Waals surface area contributed by atoms with E-state index in [-0.39, 0.29) is 24.1 Å². The summed E-state index contributed by atoms with van der Waals surface area (Å²) < 4.78 is 43.8. The lowest BCUT2D eigenvalue weighted by Gasteiger charge is -2.37. The molecular weight excluding hydrogens is 456 g/mol. The second kappa shape index (κ2) is 9.72. The Morgan fingerprint density at radius 1 is 1.06 bits per heavy atom. The van der Waals surface area contributed by atoms with Gasteiger partial charge in [0.05, 0.1) is 6.04 Å². The van der Waals surface area contributed by atoms with Gasteiger partial charge >= 0.3 is 0 Å². The minimum Gasteiger partial charge on any atom is -0.463 e. The molecule has 3 atom stereocenters. The second-order valence-corrected chi connectivity index (χ2v) is 8.13. The monoisotopic (exact) mass is 475 g/mol. The number of carbonyl (C=O) groups excluding carboxylic acids is 2. The largest absolute Gasteiger partial charge is 0.463 e. The highest BCUT2D eigenvalue weighted by molar-refractivity contribution is 6.30. The summed E-state index contributed by atoms with van der Waals surface area (Å²) >= 11 is 6.04. The predicted molar refractivity (Wildman–Crippen MR) is 117 cm³/mol. The van der Waals surface area contributed by atoms with Crippen LogP contribution in [0.25, 0.3) is 0 Å². The van der Waals surface area contributed by atoms with E-state index in [4.69, 9.17) is 25.8 Å². The molecule has 1 N–H and O–H groups in total. The maximum absolute atomic E-state index is 14.0. The fourth-order valence-corrected chi connectivity index (χ4v) is 4.55. The predicted octanol–water partition coefficient (Wildman–Crippen LogP) is 3.99. The summed E-state index contributed by atoms with van der Waals surface area (Å²) in [4.78, 5) is 21.7. The molecule has 4 rings (SSSR count). The highest BCUT2D eigenvalue weighted by Gasteiger charge is 2.53. The van der Waals surface area contributed by atoms with E-state index in [2.05, 4.69) is 5.32 Å². The Morgan fingerprint density at radius 3 is 2.48 bits per heavy atom. The number of hydrogen-bond acceptors (Lipinski definition) is 6. The first-order valence-corrected chi connectivity index (χ1v) is 10.5. The van der Waals surface area contributed by atoms with Crippen molar-refractivity contribution in [2.45, 2.75) is 24.2 Å². The van der Waals surface area contributed by atoms with Gasteiger partial charge in [0, 0.05) is 21.9 Å². The van der Waals surface area contributed by atoms with Crippen LogP contribution in [0.15, 0.2) is 65.8 Å². The van der Waals surface area contributed by atoms with Crippen molar-refractivity contribution in [1.82, 2.24) is 0 Å². The molecule has 0 fully saturated rings. The van der Waals surface area contributed by atoms with Crippen LogP contribution in [-0.4, -0.2) is 43.9 Å². The van der Waals surface area contributed by atoms with E-state index in [1.54, 1.807) is 18.2 Å². The van der Waals surface area contributed by atoms with E-state index < -0.39 is 23.6 Å². The molecule has 2 aromatic rings. The number of hydrogen-bond donors (Lipinski definition) is 1. The van der Waals surface area contributed by atoms with E-state index in [9.17, 15) is 18.4 Å². The Bertz CT molecular complexity index is 1080. The van der Waals surface area contributed by atoms with Crippen molar-refractivity contribution in [1.29, 1.82) is 0 Å². The van der Waals surface area contributed by atoms with Crippen LogP contribution in [0.3, 0.4) is 0 Å². The highest BCUT2D eigenvalue weighted by Crippen LogP contribution is 2.47. The third kappa shape index (κ3) is 4.77. The molecule has 172 valence electrons. The van der Waals surface area contributed by atoms with Crippen molar-refractivity contribution in [3.05, 3.63) is 88.0 Å². The molecule has 6 nitrogen and oxygen atoms in total. The van der Waals surface area contributed by atoms with Crippen LogP contribution in [0.4, 0.5) is 14.5 Å². The van der Waals surface area contributed by atoms with Crippen molar-refractivity contribution in [3.63, 3.8) is 0 Å². The van der Waals surface area contributed by atoms with E-state index in [0.717, 1.165) is 5.56 Å². The van der Waals surface area contributed by atoms with Gasteiger partial charge in [-0.15, -0.1) is 0 Å². The second-order valence-electron chi connectivity index (χ2n) is 7.69. The van der Waals surface area contributed by atoms with Gasteiger partial charge in [-0.2, -0.15) is 0 Å². The summed E-state index contributed by atoms with van der Waals surface area (Å²) in [7, 11) is 0. The SMILES string of the molecule is O=COCC1=C(COC=O)C2(C(Cc3ccc(F)cc3)Nc3cc(F)cc(Cl)c3)C=CC1O2. The number of carbonyl (C=O) groups is 2. The lowest BCUT2D eigenvalue weighted by Crippen LogP contribution is -2.48. The molecule has 2 aromatic carbocycles. The van der Waals surface area contributed by atoms with Gasteiger partial charge in [-0.05, 0) is 48.4 Å². The zero-order valence-electron chi connectivity index (χ0n) is 17.3. The molecule has 2 aliphatic rings. The first kappa shape index (κ1) is 22.9. The number of rotatable bonds is 11. The molecule has 2 bridgehead atoms. The van der Waals surface area contributed by atoms with Gasteiger partial charge in [-0.1, -0.05) is 29.8 Å². The molecule has 33 heavy (non-hydrogen) atoms. The Labute approximate surface area is 193 Å². The lowest BCUT2D eigenvalue weighted by atomic mass is 9.79. The maximum Gasteiger partial charge on any atom is 0.293 e. The van der Waals surface area contributed by atoms with Crippen molar-refractivity contribution < 1.29 is 32.6 Å². The van der Waals surface area contributed by atoms with Gasteiger partial charge in [-0.3, -0.25) is 9.59 Å². The number of ether oxygens (including phenoxy) is 3.